The summed E-state index contributed by atoms with van der Waals surface area (Å²) in [5, 5.41) is 13.1. The van der Waals surface area contributed by atoms with E-state index in [0.717, 1.165) is 37.5 Å². The molecule has 9 nitrogen and oxygen atoms in total. The highest BCUT2D eigenvalue weighted by atomic mass is 16.5. The lowest BCUT2D eigenvalue weighted by Crippen LogP contribution is -2.49. The van der Waals surface area contributed by atoms with Crippen molar-refractivity contribution >= 4 is 5.91 Å². The van der Waals surface area contributed by atoms with E-state index in [4.69, 9.17) is 13.9 Å². The molecule has 0 bridgehead atoms. The summed E-state index contributed by atoms with van der Waals surface area (Å²) in [6.45, 7) is 11.3. The van der Waals surface area contributed by atoms with E-state index in [2.05, 4.69) is 20.1 Å². The lowest BCUT2D eigenvalue weighted by Gasteiger charge is -2.35. The second-order valence-corrected chi connectivity index (χ2v) is 9.60. The molecule has 1 aromatic carbocycles. The number of aliphatic hydroxyl groups is 1. The smallest absolute Gasteiger partial charge is 0.273 e. The number of rotatable bonds is 11. The SMILES string of the molecule is COc1ccccc1CCNC(=O)c1coc(CN2CCN(CC(O)COC(C)(C)C)CC2)n1. The van der Waals surface area contributed by atoms with Crippen LogP contribution in [0.5, 0.6) is 5.75 Å². The summed E-state index contributed by atoms with van der Waals surface area (Å²) in [6, 6.07) is 7.76. The largest absolute Gasteiger partial charge is 0.496 e. The Balaban J connectivity index is 1.37. The number of para-hydroxylation sites is 1. The number of β-amino-alcohol motifs (C(OH)–C–C–N with tert-alkyl or cyclic N) is 1. The van der Waals surface area contributed by atoms with Gasteiger partial charge in [0.05, 0.1) is 32.0 Å². The van der Waals surface area contributed by atoms with Gasteiger partial charge in [-0.25, -0.2) is 4.98 Å². The second-order valence-electron chi connectivity index (χ2n) is 9.60. The summed E-state index contributed by atoms with van der Waals surface area (Å²) in [7, 11) is 1.64. The molecule has 188 valence electrons. The van der Waals surface area contributed by atoms with Gasteiger partial charge in [0.25, 0.3) is 5.91 Å². The van der Waals surface area contributed by atoms with Crippen molar-refractivity contribution in [2.24, 2.45) is 0 Å². The molecule has 0 radical (unpaired) electrons. The molecule has 1 aliphatic heterocycles. The minimum absolute atomic E-state index is 0.249. The van der Waals surface area contributed by atoms with E-state index in [1.807, 2.05) is 45.0 Å². The van der Waals surface area contributed by atoms with E-state index in [1.54, 1.807) is 7.11 Å². The Morgan fingerprint density at radius 2 is 1.91 bits per heavy atom. The first kappa shape index (κ1) is 26.2. The Labute approximate surface area is 202 Å². The molecular weight excluding hydrogens is 436 g/mol. The van der Waals surface area contributed by atoms with Crippen molar-refractivity contribution in [3.05, 3.63) is 47.7 Å². The molecule has 1 aromatic heterocycles. The number of nitrogens with one attached hydrogen (secondary N) is 1. The minimum Gasteiger partial charge on any atom is -0.496 e. The van der Waals surface area contributed by atoms with Gasteiger partial charge in [0, 0.05) is 39.3 Å². The van der Waals surface area contributed by atoms with Crippen molar-refractivity contribution in [1.82, 2.24) is 20.1 Å². The summed E-state index contributed by atoms with van der Waals surface area (Å²) >= 11 is 0. The molecule has 1 aliphatic rings. The average Bonchev–Trinajstić information content (AvgIpc) is 3.27. The maximum Gasteiger partial charge on any atom is 0.273 e. The summed E-state index contributed by atoms with van der Waals surface area (Å²) in [4.78, 5) is 21.3. The van der Waals surface area contributed by atoms with E-state index in [9.17, 15) is 9.90 Å². The van der Waals surface area contributed by atoms with Gasteiger partial charge >= 0.3 is 0 Å². The predicted molar refractivity (Wildman–Crippen MR) is 129 cm³/mol. The fraction of sp³-hybridized carbons (Fsp3) is 0.600. The lowest BCUT2D eigenvalue weighted by atomic mass is 10.1. The highest BCUT2D eigenvalue weighted by Crippen LogP contribution is 2.17. The Morgan fingerprint density at radius 1 is 1.21 bits per heavy atom. The van der Waals surface area contributed by atoms with Crippen molar-refractivity contribution < 1.29 is 23.8 Å². The first-order valence-electron chi connectivity index (χ1n) is 11.8. The predicted octanol–water partition coefficient (Wildman–Crippen LogP) is 1.95. The summed E-state index contributed by atoms with van der Waals surface area (Å²) in [6.07, 6.45) is 1.58. The van der Waals surface area contributed by atoms with Crippen molar-refractivity contribution in [1.29, 1.82) is 0 Å². The first-order chi connectivity index (χ1) is 16.2. The number of benzene rings is 1. The molecule has 0 aliphatic carbocycles. The summed E-state index contributed by atoms with van der Waals surface area (Å²) < 4.78 is 16.6. The first-order valence-corrected chi connectivity index (χ1v) is 11.8. The Kier molecular flexibility index (Phi) is 9.46. The molecule has 1 saturated heterocycles. The van der Waals surface area contributed by atoms with Gasteiger partial charge in [-0.05, 0) is 38.8 Å². The Morgan fingerprint density at radius 3 is 2.62 bits per heavy atom. The van der Waals surface area contributed by atoms with Crippen LogP contribution in [0.3, 0.4) is 0 Å². The molecule has 2 heterocycles. The fourth-order valence-corrected chi connectivity index (χ4v) is 3.82. The number of nitrogens with zero attached hydrogens (tertiary/aromatic N) is 3. The number of methoxy groups -OCH3 is 1. The number of carbonyl (C=O) groups excluding carboxylic acids is 1. The molecular formula is C25H38N4O5. The normalized spacial score (nSPS) is 16.4. The van der Waals surface area contributed by atoms with Crippen LogP contribution in [-0.4, -0.2) is 90.5 Å². The number of oxazole rings is 1. The molecule has 1 unspecified atom stereocenters. The van der Waals surface area contributed by atoms with Crippen molar-refractivity contribution in [2.75, 3.05) is 53.0 Å². The van der Waals surface area contributed by atoms with Crippen molar-refractivity contribution in [2.45, 2.75) is 45.4 Å². The zero-order valence-electron chi connectivity index (χ0n) is 20.7. The molecule has 0 spiro atoms. The van der Waals surface area contributed by atoms with Crippen LogP contribution in [0.1, 0.15) is 42.7 Å². The minimum atomic E-state index is -0.499. The second kappa shape index (κ2) is 12.3. The number of amides is 1. The number of aliphatic hydroxyl groups excluding tert-OH is 1. The number of ether oxygens (including phenoxy) is 2. The molecule has 3 rings (SSSR count). The summed E-state index contributed by atoms with van der Waals surface area (Å²) in [5.41, 5.74) is 1.08. The van der Waals surface area contributed by atoms with Gasteiger partial charge in [-0.15, -0.1) is 0 Å². The fourth-order valence-electron chi connectivity index (χ4n) is 3.82. The average molecular weight is 475 g/mol. The molecule has 2 aromatic rings. The lowest BCUT2D eigenvalue weighted by molar-refractivity contribution is -0.0588. The topological polar surface area (TPSA) is 100 Å². The van der Waals surface area contributed by atoms with E-state index in [-0.39, 0.29) is 17.2 Å². The maximum atomic E-state index is 12.4. The monoisotopic (exact) mass is 474 g/mol. The van der Waals surface area contributed by atoms with Gasteiger partial charge in [-0.1, -0.05) is 18.2 Å². The summed E-state index contributed by atoms with van der Waals surface area (Å²) in [5.74, 6) is 1.09. The third kappa shape index (κ3) is 8.39. The molecule has 0 saturated carbocycles. The van der Waals surface area contributed by atoms with E-state index >= 15 is 0 Å². The van der Waals surface area contributed by atoms with Crippen molar-refractivity contribution in [3.63, 3.8) is 0 Å². The van der Waals surface area contributed by atoms with Crippen LogP contribution in [0.15, 0.2) is 34.9 Å². The number of carbonyl (C=O) groups is 1. The standard InChI is InChI=1S/C25H38N4O5/c1-25(2,3)34-17-20(30)15-28-11-13-29(14-12-28)16-23-27-21(18-33-23)24(31)26-10-9-19-7-5-6-8-22(19)32-4/h5-8,18,20,30H,9-17H2,1-4H3,(H,26,31). The molecule has 2 N–H and O–H groups in total. The highest BCUT2D eigenvalue weighted by Gasteiger charge is 2.22. The third-order valence-electron chi connectivity index (χ3n) is 5.66. The number of hydrogen-bond acceptors (Lipinski definition) is 8. The van der Waals surface area contributed by atoms with E-state index < -0.39 is 6.10 Å². The van der Waals surface area contributed by atoms with Gasteiger partial charge in [-0.2, -0.15) is 0 Å². The van der Waals surface area contributed by atoms with E-state index in [1.165, 1.54) is 6.26 Å². The van der Waals surface area contributed by atoms with Crippen LogP contribution in [0.25, 0.3) is 0 Å². The Hall–Kier alpha value is -2.46. The van der Waals surface area contributed by atoms with Gasteiger partial charge < -0.3 is 24.3 Å². The zero-order chi connectivity index (χ0) is 24.6. The Bertz CT molecular complexity index is 903. The van der Waals surface area contributed by atoms with Gasteiger partial charge in [0.1, 0.15) is 12.0 Å². The molecule has 34 heavy (non-hydrogen) atoms. The third-order valence-corrected chi connectivity index (χ3v) is 5.66. The number of piperazine rings is 1. The van der Waals surface area contributed by atoms with Crippen LogP contribution in [0, 0.1) is 0 Å². The number of aromatic nitrogens is 1. The van der Waals surface area contributed by atoms with Gasteiger partial charge in [0.2, 0.25) is 5.89 Å². The molecule has 1 amide bonds. The van der Waals surface area contributed by atoms with Crippen LogP contribution < -0.4 is 10.1 Å². The van der Waals surface area contributed by atoms with Gasteiger partial charge in [-0.3, -0.25) is 14.6 Å². The zero-order valence-corrected chi connectivity index (χ0v) is 20.7. The maximum absolute atomic E-state index is 12.4. The highest BCUT2D eigenvalue weighted by molar-refractivity contribution is 5.91. The quantitative estimate of drug-likeness (QED) is 0.510. The molecule has 9 heteroatoms. The van der Waals surface area contributed by atoms with E-state index in [0.29, 0.717) is 38.6 Å². The molecule has 1 atom stereocenters. The molecule has 1 fully saturated rings. The van der Waals surface area contributed by atoms with Crippen LogP contribution in [-0.2, 0) is 17.7 Å². The van der Waals surface area contributed by atoms with Crippen molar-refractivity contribution in [3.8, 4) is 5.75 Å². The van der Waals surface area contributed by atoms with Gasteiger partial charge in [0.15, 0.2) is 5.69 Å². The van der Waals surface area contributed by atoms with Crippen LogP contribution in [0.4, 0.5) is 0 Å². The van der Waals surface area contributed by atoms with Crippen LogP contribution in [0.2, 0.25) is 0 Å². The number of hydrogen-bond donors (Lipinski definition) is 2. The van der Waals surface area contributed by atoms with Crippen LogP contribution >= 0.6 is 0 Å².